The first-order chi connectivity index (χ1) is 9.29. The molecular formula is C16H18ClNO. The van der Waals surface area contributed by atoms with Crippen molar-refractivity contribution in [1.82, 2.24) is 0 Å². The van der Waals surface area contributed by atoms with Gasteiger partial charge in [-0.3, -0.25) is 0 Å². The number of benzene rings is 2. The van der Waals surface area contributed by atoms with Crippen LogP contribution >= 0.6 is 11.6 Å². The first-order valence-electron chi connectivity index (χ1n) is 6.41. The molecular weight excluding hydrogens is 258 g/mol. The number of halogens is 1. The Bertz CT molecular complexity index is 513. The molecule has 0 aliphatic rings. The van der Waals surface area contributed by atoms with Crippen molar-refractivity contribution in [2.75, 3.05) is 19.0 Å². The molecule has 0 atom stereocenters. The minimum absolute atomic E-state index is 0.723. The van der Waals surface area contributed by atoms with E-state index in [-0.39, 0.29) is 0 Å². The lowest BCUT2D eigenvalue weighted by Gasteiger charge is -2.10. The summed E-state index contributed by atoms with van der Waals surface area (Å²) in [5.74, 6) is 0.815. The van der Waals surface area contributed by atoms with Gasteiger partial charge in [0.1, 0.15) is 5.75 Å². The van der Waals surface area contributed by atoms with E-state index in [0.29, 0.717) is 0 Å². The molecule has 0 unspecified atom stereocenters. The molecule has 2 rings (SSSR count). The number of aryl methyl sites for hydroxylation is 1. The summed E-state index contributed by atoms with van der Waals surface area (Å²) in [5, 5.41) is 4.07. The molecule has 2 aromatic rings. The third-order valence-electron chi connectivity index (χ3n) is 2.97. The van der Waals surface area contributed by atoms with Crippen molar-refractivity contribution < 1.29 is 4.74 Å². The molecule has 0 radical (unpaired) electrons. The quantitative estimate of drug-likeness (QED) is 0.789. The SMILES string of the molecule is COc1ccc(Cl)c(NCCCc2ccccc2)c1. The van der Waals surface area contributed by atoms with Gasteiger partial charge < -0.3 is 10.1 Å². The zero-order valence-electron chi connectivity index (χ0n) is 11.0. The van der Waals surface area contributed by atoms with Crippen LogP contribution < -0.4 is 10.1 Å². The van der Waals surface area contributed by atoms with E-state index in [1.165, 1.54) is 5.56 Å². The first-order valence-corrected chi connectivity index (χ1v) is 6.79. The van der Waals surface area contributed by atoms with Gasteiger partial charge in [0.15, 0.2) is 0 Å². The predicted molar refractivity (Wildman–Crippen MR) is 81.3 cm³/mol. The zero-order valence-corrected chi connectivity index (χ0v) is 11.8. The Morgan fingerprint density at radius 3 is 2.63 bits per heavy atom. The maximum Gasteiger partial charge on any atom is 0.121 e. The standard InChI is InChI=1S/C16H18ClNO/c1-19-14-9-10-15(17)16(12-14)18-11-5-8-13-6-3-2-4-7-13/h2-4,6-7,9-10,12,18H,5,8,11H2,1H3. The number of anilines is 1. The predicted octanol–water partition coefficient (Wildman–Crippen LogP) is 4.39. The Labute approximate surface area is 119 Å². The van der Waals surface area contributed by atoms with Crippen LogP contribution in [0, 0.1) is 0 Å². The normalized spacial score (nSPS) is 10.2. The Morgan fingerprint density at radius 1 is 1.11 bits per heavy atom. The largest absolute Gasteiger partial charge is 0.497 e. The van der Waals surface area contributed by atoms with E-state index in [4.69, 9.17) is 16.3 Å². The lowest BCUT2D eigenvalue weighted by atomic mass is 10.1. The highest BCUT2D eigenvalue weighted by Crippen LogP contribution is 2.26. The summed E-state index contributed by atoms with van der Waals surface area (Å²) in [6.45, 7) is 0.891. The highest BCUT2D eigenvalue weighted by molar-refractivity contribution is 6.33. The molecule has 0 aliphatic heterocycles. The summed E-state index contributed by atoms with van der Waals surface area (Å²) < 4.78 is 5.19. The summed E-state index contributed by atoms with van der Waals surface area (Å²) in [4.78, 5) is 0. The fourth-order valence-corrected chi connectivity index (χ4v) is 2.11. The molecule has 3 heteroatoms. The van der Waals surface area contributed by atoms with Crippen LogP contribution in [0.4, 0.5) is 5.69 Å². The molecule has 2 aromatic carbocycles. The number of ether oxygens (including phenoxy) is 1. The molecule has 0 saturated heterocycles. The maximum atomic E-state index is 6.13. The molecule has 0 heterocycles. The van der Waals surface area contributed by atoms with Crippen LogP contribution in [0.15, 0.2) is 48.5 Å². The minimum atomic E-state index is 0.723. The number of hydrogen-bond acceptors (Lipinski definition) is 2. The number of hydrogen-bond donors (Lipinski definition) is 1. The maximum absolute atomic E-state index is 6.13. The average Bonchev–Trinajstić information content (AvgIpc) is 2.46. The fourth-order valence-electron chi connectivity index (χ4n) is 1.93. The molecule has 0 aromatic heterocycles. The summed E-state index contributed by atoms with van der Waals surface area (Å²) in [7, 11) is 1.66. The Balaban J connectivity index is 1.82. The number of methoxy groups -OCH3 is 1. The second-order valence-electron chi connectivity index (χ2n) is 4.36. The van der Waals surface area contributed by atoms with Crippen molar-refractivity contribution in [2.45, 2.75) is 12.8 Å². The first kappa shape index (κ1) is 13.8. The number of nitrogens with one attached hydrogen (secondary N) is 1. The monoisotopic (exact) mass is 275 g/mol. The van der Waals surface area contributed by atoms with Crippen molar-refractivity contribution in [1.29, 1.82) is 0 Å². The van der Waals surface area contributed by atoms with Crippen LogP contribution in [0.1, 0.15) is 12.0 Å². The molecule has 0 amide bonds. The van der Waals surface area contributed by atoms with Gasteiger partial charge in [0.2, 0.25) is 0 Å². The van der Waals surface area contributed by atoms with Gasteiger partial charge in [-0.1, -0.05) is 41.9 Å². The van der Waals surface area contributed by atoms with Crippen molar-refractivity contribution in [2.24, 2.45) is 0 Å². The number of rotatable bonds is 6. The minimum Gasteiger partial charge on any atom is -0.497 e. The Hall–Kier alpha value is -1.67. The average molecular weight is 276 g/mol. The Morgan fingerprint density at radius 2 is 1.89 bits per heavy atom. The summed E-state index contributed by atoms with van der Waals surface area (Å²) in [5.41, 5.74) is 2.29. The topological polar surface area (TPSA) is 21.3 Å². The van der Waals surface area contributed by atoms with Gasteiger partial charge in [-0.15, -0.1) is 0 Å². The highest BCUT2D eigenvalue weighted by Gasteiger charge is 2.01. The van der Waals surface area contributed by atoms with E-state index >= 15 is 0 Å². The van der Waals surface area contributed by atoms with Crippen molar-refractivity contribution in [3.05, 3.63) is 59.1 Å². The summed E-state index contributed by atoms with van der Waals surface area (Å²) in [6.07, 6.45) is 2.13. The van der Waals surface area contributed by atoms with E-state index < -0.39 is 0 Å². The highest BCUT2D eigenvalue weighted by atomic mass is 35.5. The lowest BCUT2D eigenvalue weighted by molar-refractivity contribution is 0.415. The van der Waals surface area contributed by atoms with Crippen LogP contribution in [0.5, 0.6) is 5.75 Å². The van der Waals surface area contributed by atoms with Gasteiger partial charge in [0, 0.05) is 12.6 Å². The molecule has 19 heavy (non-hydrogen) atoms. The smallest absolute Gasteiger partial charge is 0.121 e. The molecule has 0 saturated carbocycles. The summed E-state index contributed by atoms with van der Waals surface area (Å²) >= 11 is 6.13. The second-order valence-corrected chi connectivity index (χ2v) is 4.77. The summed E-state index contributed by atoms with van der Waals surface area (Å²) in [6, 6.07) is 16.1. The molecule has 1 N–H and O–H groups in total. The molecule has 0 aliphatic carbocycles. The van der Waals surface area contributed by atoms with E-state index in [9.17, 15) is 0 Å². The van der Waals surface area contributed by atoms with E-state index in [1.807, 2.05) is 24.3 Å². The molecule has 0 bridgehead atoms. The van der Waals surface area contributed by atoms with Gasteiger partial charge in [-0.2, -0.15) is 0 Å². The molecule has 0 spiro atoms. The molecule has 2 nitrogen and oxygen atoms in total. The second kappa shape index (κ2) is 7.05. The Kier molecular flexibility index (Phi) is 5.10. The van der Waals surface area contributed by atoms with Gasteiger partial charge in [0.25, 0.3) is 0 Å². The van der Waals surface area contributed by atoms with E-state index in [2.05, 4.69) is 29.6 Å². The van der Waals surface area contributed by atoms with Gasteiger partial charge in [0.05, 0.1) is 17.8 Å². The third kappa shape index (κ3) is 4.18. The molecule has 0 fully saturated rings. The van der Waals surface area contributed by atoms with E-state index in [0.717, 1.165) is 35.8 Å². The van der Waals surface area contributed by atoms with Crippen LogP contribution in [-0.4, -0.2) is 13.7 Å². The van der Waals surface area contributed by atoms with Crippen molar-refractivity contribution in [3.63, 3.8) is 0 Å². The fraction of sp³-hybridized carbons (Fsp3) is 0.250. The van der Waals surface area contributed by atoms with E-state index in [1.54, 1.807) is 7.11 Å². The lowest BCUT2D eigenvalue weighted by Crippen LogP contribution is -2.03. The van der Waals surface area contributed by atoms with Gasteiger partial charge in [-0.25, -0.2) is 0 Å². The van der Waals surface area contributed by atoms with Crippen LogP contribution in [0.2, 0.25) is 5.02 Å². The van der Waals surface area contributed by atoms with Gasteiger partial charge in [-0.05, 0) is 30.5 Å². The van der Waals surface area contributed by atoms with Crippen LogP contribution in [-0.2, 0) is 6.42 Å². The zero-order chi connectivity index (χ0) is 13.5. The van der Waals surface area contributed by atoms with Crippen molar-refractivity contribution in [3.8, 4) is 5.75 Å². The van der Waals surface area contributed by atoms with Gasteiger partial charge >= 0.3 is 0 Å². The van der Waals surface area contributed by atoms with Crippen LogP contribution in [0.25, 0.3) is 0 Å². The molecule has 100 valence electrons. The van der Waals surface area contributed by atoms with Crippen LogP contribution in [0.3, 0.4) is 0 Å². The third-order valence-corrected chi connectivity index (χ3v) is 3.30. The van der Waals surface area contributed by atoms with Crippen molar-refractivity contribution >= 4 is 17.3 Å².